The van der Waals surface area contributed by atoms with E-state index in [0.717, 1.165) is 44.9 Å². The van der Waals surface area contributed by atoms with E-state index in [2.05, 4.69) is 0 Å². The highest BCUT2D eigenvalue weighted by Crippen LogP contribution is 2.55. The Morgan fingerprint density at radius 3 is 2.57 bits per heavy atom. The molecule has 3 saturated heterocycles. The molecule has 6 atom stereocenters. The Kier molecular flexibility index (Phi) is 3.54. The number of aliphatic hydroxyl groups excluding tert-OH is 1. The molecule has 130 valence electrons. The summed E-state index contributed by atoms with van der Waals surface area (Å²) in [6, 6.07) is 0. The molecule has 5 aliphatic rings. The maximum absolute atomic E-state index is 9.24. The van der Waals surface area contributed by atoms with Crippen LogP contribution >= 0.6 is 0 Å². The van der Waals surface area contributed by atoms with Crippen LogP contribution in [0.2, 0.25) is 0 Å². The molecule has 0 amide bonds. The quantitative estimate of drug-likeness (QED) is 0.844. The minimum Gasteiger partial charge on any atom is -0.396 e. The standard InChI is InChI=1S/C18H28O5/c19-9-6-12-4-5-15-17(21-12)10-13(20-15)16-14(11-17)22-18(23-16)7-2-1-3-8-18/h12-16,19H,1-11H2/t12?,13-,14-,15+,16?,17-/m1/s1. The molecular formula is C18H28O5. The van der Waals surface area contributed by atoms with Crippen LogP contribution in [0.15, 0.2) is 0 Å². The van der Waals surface area contributed by atoms with Crippen LogP contribution in [0, 0.1) is 0 Å². The van der Waals surface area contributed by atoms with Crippen LogP contribution in [0.5, 0.6) is 0 Å². The number of aliphatic hydroxyl groups is 1. The second kappa shape index (κ2) is 5.40. The molecular weight excluding hydrogens is 296 g/mol. The van der Waals surface area contributed by atoms with Crippen LogP contribution in [-0.2, 0) is 18.9 Å². The highest BCUT2D eigenvalue weighted by molar-refractivity contribution is 5.12. The van der Waals surface area contributed by atoms with E-state index in [0.29, 0.717) is 0 Å². The van der Waals surface area contributed by atoms with Gasteiger partial charge >= 0.3 is 0 Å². The van der Waals surface area contributed by atoms with Gasteiger partial charge in [-0.2, -0.15) is 0 Å². The second-order valence-electron chi connectivity index (χ2n) is 8.18. The van der Waals surface area contributed by atoms with E-state index >= 15 is 0 Å². The first-order valence-electron chi connectivity index (χ1n) is 9.52. The fourth-order valence-corrected chi connectivity index (χ4v) is 5.68. The Hall–Kier alpha value is -0.200. The topological polar surface area (TPSA) is 57.2 Å². The van der Waals surface area contributed by atoms with E-state index in [4.69, 9.17) is 18.9 Å². The average molecular weight is 324 g/mol. The van der Waals surface area contributed by atoms with Gasteiger partial charge in [0.2, 0.25) is 0 Å². The fourth-order valence-electron chi connectivity index (χ4n) is 5.68. The minimum atomic E-state index is -0.341. The highest BCUT2D eigenvalue weighted by atomic mass is 16.8. The largest absolute Gasteiger partial charge is 0.396 e. The van der Waals surface area contributed by atoms with Crippen LogP contribution in [0.25, 0.3) is 0 Å². The molecule has 23 heavy (non-hydrogen) atoms. The van der Waals surface area contributed by atoms with Gasteiger partial charge in [-0.25, -0.2) is 0 Å². The van der Waals surface area contributed by atoms with Gasteiger partial charge in [-0.05, 0) is 32.1 Å². The predicted octanol–water partition coefficient (Wildman–Crippen LogP) is 2.29. The van der Waals surface area contributed by atoms with Gasteiger partial charge in [0.05, 0.1) is 30.0 Å². The monoisotopic (exact) mass is 324 g/mol. The lowest BCUT2D eigenvalue weighted by Crippen LogP contribution is -2.53. The first-order valence-corrected chi connectivity index (χ1v) is 9.52. The van der Waals surface area contributed by atoms with E-state index in [1.165, 1.54) is 19.3 Å². The SMILES string of the molecule is OCCC1CC[C@@H]2O[C@@H]3C[C@]2(C[C@H]2OC4(CCCCC4)OC32)O1. The summed E-state index contributed by atoms with van der Waals surface area (Å²) in [6.07, 6.45) is 11.0. The van der Waals surface area contributed by atoms with Gasteiger partial charge in [-0.3, -0.25) is 0 Å². The van der Waals surface area contributed by atoms with Crippen molar-refractivity contribution >= 4 is 0 Å². The summed E-state index contributed by atoms with van der Waals surface area (Å²) in [5, 5.41) is 9.24. The molecule has 0 aromatic carbocycles. The van der Waals surface area contributed by atoms with Gasteiger partial charge in [0.1, 0.15) is 6.10 Å². The molecule has 0 aromatic heterocycles. The smallest absolute Gasteiger partial charge is 0.169 e. The van der Waals surface area contributed by atoms with Gasteiger partial charge in [-0.1, -0.05) is 6.42 Å². The van der Waals surface area contributed by atoms with E-state index in [1.807, 2.05) is 0 Å². The van der Waals surface area contributed by atoms with Crippen LogP contribution < -0.4 is 0 Å². The van der Waals surface area contributed by atoms with Crippen molar-refractivity contribution < 1.29 is 24.1 Å². The van der Waals surface area contributed by atoms with Crippen LogP contribution in [0.1, 0.15) is 64.2 Å². The Morgan fingerprint density at radius 2 is 1.74 bits per heavy atom. The lowest BCUT2D eigenvalue weighted by Gasteiger charge is -2.44. The van der Waals surface area contributed by atoms with Crippen molar-refractivity contribution in [3.63, 3.8) is 0 Å². The first-order chi connectivity index (χ1) is 11.2. The zero-order chi connectivity index (χ0) is 15.5. The number of rotatable bonds is 2. The summed E-state index contributed by atoms with van der Waals surface area (Å²) in [5.74, 6) is -0.341. The third kappa shape index (κ3) is 2.31. The van der Waals surface area contributed by atoms with Crippen molar-refractivity contribution in [2.75, 3.05) is 6.61 Å². The van der Waals surface area contributed by atoms with Crippen molar-refractivity contribution in [3.05, 3.63) is 0 Å². The van der Waals surface area contributed by atoms with Crippen LogP contribution in [-0.4, -0.2) is 53.6 Å². The van der Waals surface area contributed by atoms with Crippen molar-refractivity contribution in [3.8, 4) is 0 Å². The minimum absolute atomic E-state index is 0.0872. The van der Waals surface area contributed by atoms with Gasteiger partial charge in [-0.15, -0.1) is 0 Å². The van der Waals surface area contributed by atoms with Gasteiger partial charge in [0.25, 0.3) is 0 Å². The molecule has 2 bridgehead atoms. The molecule has 2 saturated carbocycles. The molecule has 0 radical (unpaired) electrons. The molecule has 1 N–H and O–H groups in total. The maximum Gasteiger partial charge on any atom is 0.169 e. The summed E-state index contributed by atoms with van der Waals surface area (Å²) >= 11 is 0. The summed E-state index contributed by atoms with van der Waals surface area (Å²) in [5.41, 5.74) is -0.201. The average Bonchev–Trinajstić information content (AvgIpc) is 3.04. The van der Waals surface area contributed by atoms with Crippen molar-refractivity contribution in [1.29, 1.82) is 0 Å². The molecule has 0 aromatic rings. The number of hydrogen-bond acceptors (Lipinski definition) is 5. The number of ether oxygens (including phenoxy) is 4. The fraction of sp³-hybridized carbons (Fsp3) is 1.00. The van der Waals surface area contributed by atoms with Crippen molar-refractivity contribution in [2.24, 2.45) is 0 Å². The lowest BCUT2D eigenvalue weighted by molar-refractivity contribution is -0.216. The summed E-state index contributed by atoms with van der Waals surface area (Å²) in [4.78, 5) is 0. The normalized spacial score (nSPS) is 50.7. The molecule has 5 fully saturated rings. The zero-order valence-electron chi connectivity index (χ0n) is 13.7. The van der Waals surface area contributed by atoms with E-state index < -0.39 is 0 Å². The molecule has 2 spiro atoms. The third-order valence-corrected chi connectivity index (χ3v) is 6.69. The molecule has 2 aliphatic carbocycles. The van der Waals surface area contributed by atoms with E-state index in [1.54, 1.807) is 0 Å². The Bertz CT molecular complexity index is 462. The number of hydrogen-bond donors (Lipinski definition) is 1. The first kappa shape index (κ1) is 15.1. The van der Waals surface area contributed by atoms with E-state index in [-0.39, 0.29) is 48.5 Å². The number of fused-ring (bicyclic) bond motifs is 3. The van der Waals surface area contributed by atoms with Gasteiger partial charge in [0.15, 0.2) is 5.79 Å². The molecule has 3 heterocycles. The molecule has 5 rings (SSSR count). The van der Waals surface area contributed by atoms with Crippen LogP contribution in [0.3, 0.4) is 0 Å². The third-order valence-electron chi connectivity index (χ3n) is 6.69. The zero-order valence-corrected chi connectivity index (χ0v) is 13.7. The summed E-state index contributed by atoms with van der Waals surface area (Å²) in [7, 11) is 0. The highest BCUT2D eigenvalue weighted by Gasteiger charge is 2.65. The van der Waals surface area contributed by atoms with Gasteiger partial charge < -0.3 is 24.1 Å². The predicted molar refractivity (Wildman–Crippen MR) is 82.0 cm³/mol. The molecule has 2 unspecified atom stereocenters. The Balaban J connectivity index is 1.36. The van der Waals surface area contributed by atoms with Crippen molar-refractivity contribution in [1.82, 2.24) is 0 Å². The van der Waals surface area contributed by atoms with Gasteiger partial charge in [0, 0.05) is 32.3 Å². The Morgan fingerprint density at radius 1 is 0.913 bits per heavy atom. The lowest BCUT2D eigenvalue weighted by atomic mass is 9.76. The molecule has 5 nitrogen and oxygen atoms in total. The van der Waals surface area contributed by atoms with E-state index in [9.17, 15) is 5.11 Å². The molecule has 5 heteroatoms. The van der Waals surface area contributed by atoms with Crippen molar-refractivity contribution in [2.45, 2.75) is 106 Å². The summed E-state index contributed by atoms with van der Waals surface area (Å²) < 4.78 is 25.8. The molecule has 3 aliphatic heterocycles. The Labute approximate surface area is 137 Å². The van der Waals surface area contributed by atoms with Crippen LogP contribution in [0.4, 0.5) is 0 Å². The summed E-state index contributed by atoms with van der Waals surface area (Å²) in [6.45, 7) is 0.199. The second-order valence-corrected chi connectivity index (χ2v) is 8.18. The maximum atomic E-state index is 9.24.